The fourth-order valence-corrected chi connectivity index (χ4v) is 2.64. The molecule has 1 aliphatic heterocycles. The maximum Gasteiger partial charge on any atom is 0.239 e. The van der Waals surface area contributed by atoms with Crippen LogP contribution in [0.15, 0.2) is 24.3 Å². The third-order valence-electron chi connectivity index (χ3n) is 4.40. The zero-order valence-corrected chi connectivity index (χ0v) is 15.2. The second-order valence-corrected chi connectivity index (χ2v) is 7.42. The first-order valence-electron chi connectivity index (χ1n) is 8.75. The summed E-state index contributed by atoms with van der Waals surface area (Å²) in [5, 5.41) is 5.68. The summed E-state index contributed by atoms with van der Waals surface area (Å²) in [7, 11) is 0. The molecule has 1 aromatic rings. The number of nitrogens with one attached hydrogen (secondary N) is 2. The molecule has 0 aromatic heterocycles. The monoisotopic (exact) mass is 331 g/mol. The van der Waals surface area contributed by atoms with Crippen LogP contribution >= 0.6 is 0 Å². The van der Waals surface area contributed by atoms with Crippen molar-refractivity contribution in [2.75, 3.05) is 29.9 Å². The van der Waals surface area contributed by atoms with E-state index in [0.29, 0.717) is 18.2 Å². The Morgan fingerprint density at radius 3 is 2.21 bits per heavy atom. The van der Waals surface area contributed by atoms with E-state index in [2.05, 4.69) is 15.5 Å². The molecule has 0 aliphatic carbocycles. The van der Waals surface area contributed by atoms with E-state index in [0.717, 1.165) is 13.1 Å². The maximum atomic E-state index is 12.5. The van der Waals surface area contributed by atoms with Crippen LogP contribution in [0.5, 0.6) is 0 Å². The number of hydrogen-bond donors (Lipinski definition) is 2. The van der Waals surface area contributed by atoms with Gasteiger partial charge in [0.25, 0.3) is 0 Å². The molecule has 1 saturated heterocycles. The molecule has 1 fully saturated rings. The highest BCUT2D eigenvalue weighted by molar-refractivity contribution is 6.09. The van der Waals surface area contributed by atoms with Crippen molar-refractivity contribution in [1.29, 1.82) is 0 Å². The number of nitrogens with zero attached hydrogens (tertiary/aromatic N) is 1. The molecule has 1 aromatic carbocycles. The Balaban J connectivity index is 1.96. The summed E-state index contributed by atoms with van der Waals surface area (Å²) in [4.78, 5) is 27.1. The second-order valence-electron chi connectivity index (χ2n) is 7.42. The van der Waals surface area contributed by atoms with Gasteiger partial charge in [0.1, 0.15) is 5.41 Å². The predicted octanol–water partition coefficient (Wildman–Crippen LogP) is 3.02. The Kier molecular flexibility index (Phi) is 5.86. The van der Waals surface area contributed by atoms with Crippen LogP contribution in [0.1, 0.15) is 40.5 Å². The van der Waals surface area contributed by atoms with Crippen molar-refractivity contribution in [3.8, 4) is 0 Å². The number of hydrogen-bond acceptors (Lipinski definition) is 3. The Morgan fingerprint density at radius 1 is 1.08 bits per heavy atom. The number of benzene rings is 1. The highest BCUT2D eigenvalue weighted by Crippen LogP contribution is 2.24. The van der Waals surface area contributed by atoms with E-state index in [4.69, 9.17) is 0 Å². The van der Waals surface area contributed by atoms with Gasteiger partial charge in [-0.25, -0.2) is 0 Å². The summed E-state index contributed by atoms with van der Waals surface area (Å²) in [6, 6.07) is 7.83. The SMILES string of the molecule is CC(C)CNC(=O)C(C)(C)C(=O)Nc1ccc(N2CCCC2)cc1. The first-order valence-corrected chi connectivity index (χ1v) is 8.75. The topological polar surface area (TPSA) is 61.4 Å². The minimum Gasteiger partial charge on any atom is -0.372 e. The molecular formula is C19H29N3O2. The quantitative estimate of drug-likeness (QED) is 0.788. The highest BCUT2D eigenvalue weighted by Gasteiger charge is 2.36. The van der Waals surface area contributed by atoms with Gasteiger partial charge in [0, 0.05) is 31.0 Å². The van der Waals surface area contributed by atoms with Gasteiger partial charge < -0.3 is 15.5 Å². The van der Waals surface area contributed by atoms with Crippen LogP contribution in [0.25, 0.3) is 0 Å². The standard InChI is InChI=1S/C19H29N3O2/c1-14(2)13-20-17(23)19(3,4)18(24)21-15-7-9-16(10-8-15)22-11-5-6-12-22/h7-10,14H,5-6,11-13H2,1-4H3,(H,20,23)(H,21,24). The van der Waals surface area contributed by atoms with E-state index >= 15 is 0 Å². The predicted molar refractivity (Wildman–Crippen MR) is 98.1 cm³/mol. The normalized spacial score (nSPS) is 14.8. The van der Waals surface area contributed by atoms with Gasteiger partial charge in [-0.05, 0) is 56.9 Å². The molecule has 0 atom stereocenters. The molecule has 5 heteroatoms. The van der Waals surface area contributed by atoms with Crippen LogP contribution in [0.4, 0.5) is 11.4 Å². The third-order valence-corrected chi connectivity index (χ3v) is 4.40. The smallest absolute Gasteiger partial charge is 0.239 e. The average molecular weight is 331 g/mol. The molecule has 1 heterocycles. The fourth-order valence-electron chi connectivity index (χ4n) is 2.64. The molecule has 0 bridgehead atoms. The van der Waals surface area contributed by atoms with Crippen molar-refractivity contribution in [3.05, 3.63) is 24.3 Å². The van der Waals surface area contributed by atoms with Gasteiger partial charge in [-0.1, -0.05) is 13.8 Å². The zero-order valence-electron chi connectivity index (χ0n) is 15.2. The van der Waals surface area contributed by atoms with Gasteiger partial charge in [0.05, 0.1) is 0 Å². The summed E-state index contributed by atoms with van der Waals surface area (Å²) in [5.74, 6) is -0.189. The Morgan fingerprint density at radius 2 is 1.67 bits per heavy atom. The minimum atomic E-state index is -1.11. The van der Waals surface area contributed by atoms with Crippen molar-refractivity contribution in [1.82, 2.24) is 5.32 Å². The van der Waals surface area contributed by atoms with Gasteiger partial charge in [0.2, 0.25) is 11.8 Å². The van der Waals surface area contributed by atoms with Crippen LogP contribution in [-0.2, 0) is 9.59 Å². The molecule has 2 rings (SSSR count). The van der Waals surface area contributed by atoms with Gasteiger partial charge in [0.15, 0.2) is 0 Å². The van der Waals surface area contributed by atoms with Crippen molar-refractivity contribution >= 4 is 23.2 Å². The second kappa shape index (κ2) is 7.69. The minimum absolute atomic E-state index is 0.248. The summed E-state index contributed by atoms with van der Waals surface area (Å²) >= 11 is 0. The Bertz CT molecular complexity index is 573. The Labute approximate surface area is 144 Å². The van der Waals surface area contributed by atoms with Crippen LogP contribution < -0.4 is 15.5 Å². The Hall–Kier alpha value is -2.04. The van der Waals surface area contributed by atoms with Crippen LogP contribution in [0.2, 0.25) is 0 Å². The maximum absolute atomic E-state index is 12.5. The van der Waals surface area contributed by atoms with E-state index in [1.54, 1.807) is 13.8 Å². The number of anilines is 2. The molecule has 0 saturated carbocycles. The first-order chi connectivity index (χ1) is 11.3. The number of carbonyl (C=O) groups excluding carboxylic acids is 2. The van der Waals surface area contributed by atoms with Gasteiger partial charge >= 0.3 is 0 Å². The van der Waals surface area contributed by atoms with Crippen molar-refractivity contribution in [3.63, 3.8) is 0 Å². The molecule has 24 heavy (non-hydrogen) atoms. The summed E-state index contributed by atoms with van der Waals surface area (Å²) in [5.41, 5.74) is 0.787. The fraction of sp³-hybridized carbons (Fsp3) is 0.579. The average Bonchev–Trinajstić information content (AvgIpc) is 3.07. The lowest BCUT2D eigenvalue weighted by molar-refractivity contribution is -0.138. The van der Waals surface area contributed by atoms with E-state index in [1.807, 2.05) is 38.1 Å². The highest BCUT2D eigenvalue weighted by atomic mass is 16.2. The van der Waals surface area contributed by atoms with E-state index in [-0.39, 0.29) is 11.8 Å². The first kappa shape index (κ1) is 18.3. The lowest BCUT2D eigenvalue weighted by atomic mass is 9.90. The summed E-state index contributed by atoms with van der Waals surface area (Å²) in [6.07, 6.45) is 2.47. The molecule has 2 amide bonds. The summed E-state index contributed by atoms with van der Waals surface area (Å²) in [6.45, 7) is 10.1. The van der Waals surface area contributed by atoms with Crippen LogP contribution in [0.3, 0.4) is 0 Å². The molecule has 1 aliphatic rings. The van der Waals surface area contributed by atoms with E-state index in [9.17, 15) is 9.59 Å². The number of amides is 2. The molecule has 0 radical (unpaired) electrons. The van der Waals surface area contributed by atoms with Crippen molar-refractivity contribution < 1.29 is 9.59 Å². The summed E-state index contributed by atoms with van der Waals surface area (Å²) < 4.78 is 0. The third kappa shape index (κ3) is 4.49. The van der Waals surface area contributed by atoms with Crippen LogP contribution in [0, 0.1) is 11.3 Å². The molecule has 132 valence electrons. The van der Waals surface area contributed by atoms with Crippen molar-refractivity contribution in [2.45, 2.75) is 40.5 Å². The van der Waals surface area contributed by atoms with Gasteiger partial charge in [-0.15, -0.1) is 0 Å². The molecule has 5 nitrogen and oxygen atoms in total. The van der Waals surface area contributed by atoms with E-state index < -0.39 is 5.41 Å². The largest absolute Gasteiger partial charge is 0.372 e. The zero-order chi connectivity index (χ0) is 17.7. The van der Waals surface area contributed by atoms with E-state index in [1.165, 1.54) is 18.5 Å². The number of carbonyl (C=O) groups is 2. The molecular weight excluding hydrogens is 302 g/mol. The lowest BCUT2D eigenvalue weighted by Crippen LogP contribution is -2.46. The molecule has 0 spiro atoms. The molecule has 0 unspecified atom stereocenters. The van der Waals surface area contributed by atoms with Crippen molar-refractivity contribution in [2.24, 2.45) is 11.3 Å². The van der Waals surface area contributed by atoms with Crippen LogP contribution in [-0.4, -0.2) is 31.4 Å². The lowest BCUT2D eigenvalue weighted by Gasteiger charge is -2.23. The number of rotatable bonds is 6. The van der Waals surface area contributed by atoms with Gasteiger partial charge in [-0.3, -0.25) is 9.59 Å². The van der Waals surface area contributed by atoms with Gasteiger partial charge in [-0.2, -0.15) is 0 Å². The molecule has 2 N–H and O–H groups in total.